The maximum absolute atomic E-state index is 13.2. The molecular formula is C25H33ClN2O3. The fourth-order valence-electron chi connectivity index (χ4n) is 3.29. The number of halogens is 1. The minimum Gasteiger partial charge on any atom is -0.382 e. The van der Waals surface area contributed by atoms with Gasteiger partial charge in [-0.2, -0.15) is 0 Å². The third kappa shape index (κ3) is 8.35. The lowest BCUT2D eigenvalue weighted by Crippen LogP contribution is -2.51. The Hall–Kier alpha value is -2.37. The van der Waals surface area contributed by atoms with Gasteiger partial charge in [0, 0.05) is 43.7 Å². The van der Waals surface area contributed by atoms with Crippen LogP contribution in [0.5, 0.6) is 0 Å². The van der Waals surface area contributed by atoms with Crippen molar-refractivity contribution in [2.45, 2.75) is 46.2 Å². The summed E-state index contributed by atoms with van der Waals surface area (Å²) in [5.74, 6) is -0.431. The number of nitrogens with one attached hydrogen (secondary N) is 1. The van der Waals surface area contributed by atoms with Crippen molar-refractivity contribution < 1.29 is 14.3 Å². The summed E-state index contributed by atoms with van der Waals surface area (Å²) >= 11 is 6.02. The maximum atomic E-state index is 13.2. The third-order valence-corrected chi connectivity index (χ3v) is 5.21. The molecule has 0 fully saturated rings. The van der Waals surface area contributed by atoms with E-state index in [4.69, 9.17) is 16.3 Å². The first-order valence-electron chi connectivity index (χ1n) is 10.9. The van der Waals surface area contributed by atoms with E-state index < -0.39 is 6.04 Å². The van der Waals surface area contributed by atoms with Gasteiger partial charge in [-0.25, -0.2) is 0 Å². The lowest BCUT2D eigenvalue weighted by molar-refractivity contribution is -0.143. The standard InChI is InChI=1S/C25H33ClN2O3/c1-4-31-16-8-15-27-24(29)23(17-20-9-6-5-7-10-20)28(25(30)19(2)3)18-21-11-13-22(26)14-12-21/h5-7,9-14,19,23H,4,8,15-18H2,1-3H3,(H,27,29)/t23-/m0/s1. The van der Waals surface area contributed by atoms with Gasteiger partial charge in [0.05, 0.1) is 0 Å². The van der Waals surface area contributed by atoms with E-state index in [1.165, 1.54) is 0 Å². The molecule has 0 saturated heterocycles. The van der Waals surface area contributed by atoms with Crippen LogP contribution in [0.2, 0.25) is 5.02 Å². The molecule has 0 aliphatic rings. The third-order valence-electron chi connectivity index (χ3n) is 4.96. The van der Waals surface area contributed by atoms with Crippen molar-refractivity contribution in [2.75, 3.05) is 19.8 Å². The molecule has 0 aliphatic carbocycles. The van der Waals surface area contributed by atoms with Crippen LogP contribution in [0.15, 0.2) is 54.6 Å². The van der Waals surface area contributed by atoms with Crippen molar-refractivity contribution in [2.24, 2.45) is 5.92 Å². The Kier molecular flexibility index (Phi) is 10.5. The number of amides is 2. The highest BCUT2D eigenvalue weighted by Crippen LogP contribution is 2.18. The molecule has 0 radical (unpaired) electrons. The fourth-order valence-corrected chi connectivity index (χ4v) is 3.42. The van der Waals surface area contributed by atoms with E-state index in [1.807, 2.05) is 63.2 Å². The summed E-state index contributed by atoms with van der Waals surface area (Å²) in [5, 5.41) is 3.63. The SMILES string of the molecule is CCOCCCNC(=O)[C@H](Cc1ccccc1)N(Cc1ccc(Cl)cc1)C(=O)C(C)C. The van der Waals surface area contributed by atoms with Crippen LogP contribution >= 0.6 is 11.6 Å². The predicted octanol–water partition coefficient (Wildman–Crippen LogP) is 4.48. The van der Waals surface area contributed by atoms with Crippen LogP contribution in [0.3, 0.4) is 0 Å². The van der Waals surface area contributed by atoms with E-state index in [2.05, 4.69) is 5.32 Å². The highest BCUT2D eigenvalue weighted by Gasteiger charge is 2.31. The first kappa shape index (κ1) is 24.9. The summed E-state index contributed by atoms with van der Waals surface area (Å²) in [7, 11) is 0. The average molecular weight is 445 g/mol. The van der Waals surface area contributed by atoms with Crippen molar-refractivity contribution in [3.05, 3.63) is 70.7 Å². The normalized spacial score (nSPS) is 11.9. The Morgan fingerprint density at radius 3 is 2.32 bits per heavy atom. The van der Waals surface area contributed by atoms with Gasteiger partial charge >= 0.3 is 0 Å². The van der Waals surface area contributed by atoms with Crippen LogP contribution in [-0.4, -0.2) is 42.5 Å². The zero-order chi connectivity index (χ0) is 22.6. The van der Waals surface area contributed by atoms with Crippen LogP contribution in [0, 0.1) is 5.92 Å². The van der Waals surface area contributed by atoms with E-state index in [0.29, 0.717) is 37.7 Å². The molecule has 2 aromatic rings. The Labute approximate surface area is 190 Å². The van der Waals surface area contributed by atoms with Gasteiger partial charge in [-0.05, 0) is 36.6 Å². The molecule has 0 saturated carbocycles. The Morgan fingerprint density at radius 1 is 1.03 bits per heavy atom. The number of hydrogen-bond donors (Lipinski definition) is 1. The molecule has 0 unspecified atom stereocenters. The van der Waals surface area contributed by atoms with Crippen molar-refractivity contribution >= 4 is 23.4 Å². The number of carbonyl (C=O) groups is 2. The highest BCUT2D eigenvalue weighted by atomic mass is 35.5. The molecule has 0 aliphatic heterocycles. The van der Waals surface area contributed by atoms with Gasteiger partial charge in [-0.15, -0.1) is 0 Å². The monoisotopic (exact) mass is 444 g/mol. The molecule has 0 heterocycles. The molecule has 0 bridgehead atoms. The molecule has 2 aromatic carbocycles. The highest BCUT2D eigenvalue weighted by molar-refractivity contribution is 6.30. The first-order chi connectivity index (χ1) is 14.9. The van der Waals surface area contributed by atoms with Gasteiger partial charge < -0.3 is 15.0 Å². The van der Waals surface area contributed by atoms with Crippen molar-refractivity contribution in [3.8, 4) is 0 Å². The Bertz CT molecular complexity index is 809. The summed E-state index contributed by atoms with van der Waals surface area (Å²) in [6, 6.07) is 16.6. The Morgan fingerprint density at radius 2 is 1.71 bits per heavy atom. The summed E-state index contributed by atoms with van der Waals surface area (Å²) < 4.78 is 5.35. The van der Waals surface area contributed by atoms with E-state index in [-0.39, 0.29) is 17.7 Å². The lowest BCUT2D eigenvalue weighted by Gasteiger charge is -2.33. The molecule has 0 aromatic heterocycles. The summed E-state index contributed by atoms with van der Waals surface area (Å²) in [4.78, 5) is 28.1. The van der Waals surface area contributed by atoms with Crippen LogP contribution < -0.4 is 5.32 Å². The van der Waals surface area contributed by atoms with Gasteiger partial charge in [-0.3, -0.25) is 9.59 Å². The topological polar surface area (TPSA) is 58.6 Å². The first-order valence-corrected chi connectivity index (χ1v) is 11.2. The van der Waals surface area contributed by atoms with Gasteiger partial charge in [0.15, 0.2) is 0 Å². The van der Waals surface area contributed by atoms with Gasteiger partial charge in [0.2, 0.25) is 11.8 Å². The molecule has 2 rings (SSSR count). The fraction of sp³-hybridized carbons (Fsp3) is 0.440. The van der Waals surface area contributed by atoms with Crippen molar-refractivity contribution in [3.63, 3.8) is 0 Å². The molecule has 0 spiro atoms. The van der Waals surface area contributed by atoms with Gasteiger partial charge in [-0.1, -0.05) is 67.9 Å². The van der Waals surface area contributed by atoms with Crippen LogP contribution in [0.4, 0.5) is 0 Å². The summed E-state index contributed by atoms with van der Waals surface area (Å²) in [5.41, 5.74) is 1.94. The lowest BCUT2D eigenvalue weighted by atomic mass is 10.0. The molecule has 1 N–H and O–H groups in total. The molecule has 31 heavy (non-hydrogen) atoms. The molecule has 5 nitrogen and oxygen atoms in total. The van der Waals surface area contributed by atoms with E-state index in [0.717, 1.165) is 17.5 Å². The number of rotatable bonds is 12. The quantitative estimate of drug-likeness (QED) is 0.491. The average Bonchev–Trinajstić information content (AvgIpc) is 2.77. The van der Waals surface area contributed by atoms with E-state index in [9.17, 15) is 9.59 Å². The van der Waals surface area contributed by atoms with Crippen molar-refractivity contribution in [1.82, 2.24) is 10.2 Å². The number of benzene rings is 2. The molecule has 168 valence electrons. The van der Waals surface area contributed by atoms with Gasteiger partial charge in [0.1, 0.15) is 6.04 Å². The minimum absolute atomic E-state index is 0.0552. The number of nitrogens with zero attached hydrogens (tertiary/aromatic N) is 1. The van der Waals surface area contributed by atoms with Gasteiger partial charge in [0.25, 0.3) is 0 Å². The van der Waals surface area contributed by atoms with E-state index in [1.54, 1.807) is 17.0 Å². The zero-order valence-electron chi connectivity index (χ0n) is 18.6. The maximum Gasteiger partial charge on any atom is 0.243 e. The summed E-state index contributed by atoms with van der Waals surface area (Å²) in [6.45, 7) is 7.77. The van der Waals surface area contributed by atoms with Crippen molar-refractivity contribution in [1.29, 1.82) is 0 Å². The summed E-state index contributed by atoms with van der Waals surface area (Å²) in [6.07, 6.45) is 1.18. The zero-order valence-corrected chi connectivity index (χ0v) is 19.4. The van der Waals surface area contributed by atoms with Crippen LogP contribution in [-0.2, 0) is 27.3 Å². The molecular weight excluding hydrogens is 412 g/mol. The largest absolute Gasteiger partial charge is 0.382 e. The predicted molar refractivity (Wildman–Crippen MR) is 125 cm³/mol. The minimum atomic E-state index is -0.611. The molecule has 1 atom stereocenters. The van der Waals surface area contributed by atoms with Crippen LogP contribution in [0.25, 0.3) is 0 Å². The molecule has 6 heteroatoms. The van der Waals surface area contributed by atoms with Crippen LogP contribution in [0.1, 0.15) is 38.3 Å². The molecule has 2 amide bonds. The number of ether oxygens (including phenoxy) is 1. The smallest absolute Gasteiger partial charge is 0.243 e. The van der Waals surface area contributed by atoms with E-state index >= 15 is 0 Å². The number of hydrogen-bond acceptors (Lipinski definition) is 3. The second-order valence-corrected chi connectivity index (χ2v) is 8.23. The second kappa shape index (κ2) is 13.1. The Balaban J connectivity index is 2.26. The second-order valence-electron chi connectivity index (χ2n) is 7.79. The number of carbonyl (C=O) groups excluding carboxylic acids is 2.